The van der Waals surface area contributed by atoms with E-state index in [2.05, 4.69) is 0 Å². The Kier molecular flexibility index (Phi) is 3.76. The number of halogens is 2. The molecule has 0 spiro atoms. The summed E-state index contributed by atoms with van der Waals surface area (Å²) in [6, 6.07) is 2.04. The van der Waals surface area contributed by atoms with E-state index in [9.17, 15) is 27.2 Å². The molecule has 0 saturated carbocycles. The van der Waals surface area contributed by atoms with Gasteiger partial charge in [0.2, 0.25) is 5.91 Å². The minimum Gasteiger partial charge on any atom is -0.397 e. The Morgan fingerprint density at radius 1 is 1.48 bits per heavy atom. The first-order chi connectivity index (χ1) is 9.61. The fourth-order valence-electron chi connectivity index (χ4n) is 2.04. The Morgan fingerprint density at radius 2 is 2.10 bits per heavy atom. The van der Waals surface area contributed by atoms with E-state index >= 15 is 0 Å². The smallest absolute Gasteiger partial charge is 0.307 e. The first kappa shape index (κ1) is 15.4. The third-order valence-corrected chi connectivity index (χ3v) is 4.49. The van der Waals surface area contributed by atoms with E-state index in [1.807, 2.05) is 0 Å². The molecular formula is C10H9ClFN3O5S. The summed E-state index contributed by atoms with van der Waals surface area (Å²) >= 11 is 5.66. The van der Waals surface area contributed by atoms with Gasteiger partial charge in [0.05, 0.1) is 16.3 Å². The van der Waals surface area contributed by atoms with Crippen LogP contribution in [0.4, 0.5) is 20.9 Å². The fourth-order valence-corrected chi connectivity index (χ4v) is 2.95. The van der Waals surface area contributed by atoms with Crippen molar-refractivity contribution in [1.82, 2.24) is 0 Å². The van der Waals surface area contributed by atoms with Crippen molar-refractivity contribution in [3.05, 3.63) is 27.3 Å². The minimum atomic E-state index is -4.89. The van der Waals surface area contributed by atoms with Crippen molar-refractivity contribution in [3.8, 4) is 0 Å². The van der Waals surface area contributed by atoms with Gasteiger partial charge in [0.1, 0.15) is 10.3 Å². The minimum absolute atomic E-state index is 0.0455. The number of anilines is 2. The first-order valence-electron chi connectivity index (χ1n) is 5.58. The molecule has 1 amide bonds. The molecule has 1 unspecified atom stereocenters. The van der Waals surface area contributed by atoms with E-state index in [4.69, 9.17) is 17.3 Å². The molecular weight excluding hydrogens is 329 g/mol. The molecule has 1 aromatic carbocycles. The molecule has 1 aliphatic heterocycles. The number of hydrogen-bond donors (Lipinski definition) is 1. The molecule has 1 saturated heterocycles. The lowest BCUT2D eigenvalue weighted by Gasteiger charge is -2.18. The third-order valence-electron chi connectivity index (χ3n) is 3.07. The summed E-state index contributed by atoms with van der Waals surface area (Å²) in [5.74, 6) is -0.690. The number of nitro groups is 1. The number of nitrogen functional groups attached to an aromatic ring is 1. The van der Waals surface area contributed by atoms with Crippen LogP contribution in [-0.4, -0.2) is 31.0 Å². The molecule has 2 N–H and O–H groups in total. The Bertz CT molecular complexity index is 738. The molecule has 0 aliphatic carbocycles. The van der Waals surface area contributed by atoms with E-state index in [1.54, 1.807) is 0 Å². The molecule has 2 rings (SSSR count). The molecule has 0 radical (unpaired) electrons. The van der Waals surface area contributed by atoms with Crippen molar-refractivity contribution in [2.45, 2.75) is 11.7 Å². The van der Waals surface area contributed by atoms with Crippen molar-refractivity contribution >= 4 is 44.8 Å². The van der Waals surface area contributed by atoms with Gasteiger partial charge in [-0.25, -0.2) is 0 Å². The van der Waals surface area contributed by atoms with Gasteiger partial charge < -0.3 is 10.6 Å². The quantitative estimate of drug-likeness (QED) is 0.383. The van der Waals surface area contributed by atoms with Crippen molar-refractivity contribution in [2.24, 2.45) is 0 Å². The zero-order valence-electron chi connectivity index (χ0n) is 10.3. The van der Waals surface area contributed by atoms with Gasteiger partial charge in [0, 0.05) is 19.0 Å². The number of nitro benzene ring substituents is 1. The lowest BCUT2D eigenvalue weighted by Crippen LogP contribution is -2.27. The molecule has 1 aliphatic rings. The lowest BCUT2D eigenvalue weighted by molar-refractivity contribution is -0.384. The number of nitrogens with zero attached hydrogens (tertiary/aromatic N) is 2. The van der Waals surface area contributed by atoms with Crippen LogP contribution in [0.2, 0.25) is 5.02 Å². The topological polar surface area (TPSA) is 124 Å². The van der Waals surface area contributed by atoms with Gasteiger partial charge in [0.25, 0.3) is 5.69 Å². The molecule has 1 aromatic rings. The van der Waals surface area contributed by atoms with Crippen LogP contribution in [0.25, 0.3) is 0 Å². The van der Waals surface area contributed by atoms with Crippen molar-refractivity contribution in [2.75, 3.05) is 17.2 Å². The van der Waals surface area contributed by atoms with Crippen LogP contribution in [-0.2, 0) is 15.0 Å². The molecule has 8 nitrogen and oxygen atoms in total. The van der Waals surface area contributed by atoms with Crippen LogP contribution in [0, 0.1) is 10.1 Å². The maximum Gasteiger partial charge on any atom is 0.307 e. The van der Waals surface area contributed by atoms with Crippen molar-refractivity contribution in [1.29, 1.82) is 0 Å². The summed E-state index contributed by atoms with van der Waals surface area (Å²) in [6.45, 7) is -0.458. The van der Waals surface area contributed by atoms with E-state index in [0.29, 0.717) is 0 Å². The predicted molar refractivity (Wildman–Crippen MR) is 73.3 cm³/mol. The highest BCUT2D eigenvalue weighted by Crippen LogP contribution is 2.37. The fraction of sp³-hybridized carbons (Fsp3) is 0.300. The largest absolute Gasteiger partial charge is 0.397 e. The highest BCUT2D eigenvalue weighted by atomic mass is 35.5. The second-order valence-electron chi connectivity index (χ2n) is 4.43. The second kappa shape index (κ2) is 5.11. The van der Waals surface area contributed by atoms with E-state index in [0.717, 1.165) is 17.0 Å². The zero-order chi connectivity index (χ0) is 15.9. The van der Waals surface area contributed by atoms with Crippen molar-refractivity contribution < 1.29 is 22.0 Å². The van der Waals surface area contributed by atoms with Gasteiger partial charge in [-0.3, -0.25) is 14.9 Å². The summed E-state index contributed by atoms with van der Waals surface area (Å²) in [4.78, 5) is 22.7. The highest BCUT2D eigenvalue weighted by Gasteiger charge is 2.40. The van der Waals surface area contributed by atoms with E-state index < -0.39 is 45.0 Å². The number of benzene rings is 1. The van der Waals surface area contributed by atoms with Gasteiger partial charge in [-0.2, -0.15) is 8.42 Å². The first-order valence-corrected chi connectivity index (χ1v) is 7.41. The van der Waals surface area contributed by atoms with Crippen LogP contribution in [0.3, 0.4) is 0 Å². The Morgan fingerprint density at radius 3 is 2.57 bits per heavy atom. The van der Waals surface area contributed by atoms with Crippen molar-refractivity contribution in [3.63, 3.8) is 0 Å². The molecule has 11 heteroatoms. The van der Waals surface area contributed by atoms with Crippen LogP contribution in [0.15, 0.2) is 12.1 Å². The Hall–Kier alpha value is -1.94. The van der Waals surface area contributed by atoms with E-state index in [1.165, 1.54) is 0 Å². The summed E-state index contributed by atoms with van der Waals surface area (Å²) in [6.07, 6.45) is -0.547. The Balaban J connectivity index is 2.45. The van der Waals surface area contributed by atoms with Crippen LogP contribution in [0.5, 0.6) is 0 Å². The monoisotopic (exact) mass is 337 g/mol. The van der Waals surface area contributed by atoms with Gasteiger partial charge in [-0.1, -0.05) is 11.6 Å². The molecule has 1 fully saturated rings. The van der Waals surface area contributed by atoms with Crippen LogP contribution >= 0.6 is 11.6 Å². The summed E-state index contributed by atoms with van der Waals surface area (Å²) in [5, 5.41) is 9.09. The van der Waals surface area contributed by atoms with Crippen LogP contribution in [0.1, 0.15) is 6.42 Å². The number of nitrogens with two attached hydrogens (primary N) is 1. The summed E-state index contributed by atoms with van der Waals surface area (Å²) in [7, 11) is -4.89. The predicted octanol–water partition coefficient (Wildman–Crippen LogP) is 1.24. The average molecular weight is 338 g/mol. The lowest BCUT2D eigenvalue weighted by atomic mass is 10.2. The number of carbonyl (C=O) groups excluding carboxylic acids is 1. The van der Waals surface area contributed by atoms with Gasteiger partial charge in [-0.05, 0) is 6.07 Å². The number of amides is 1. The summed E-state index contributed by atoms with van der Waals surface area (Å²) < 4.78 is 34.7. The molecule has 0 bridgehead atoms. The third kappa shape index (κ3) is 2.90. The van der Waals surface area contributed by atoms with E-state index in [-0.39, 0.29) is 16.4 Å². The standard InChI is InChI=1S/C10H9ClFN3O5S/c11-6-2-7(13)9(3-8(6)15(17)18)14-4-5(1-10(14)16)21(12,19)20/h2-3,5H,1,4,13H2. The normalized spacial score (nSPS) is 19.0. The van der Waals surface area contributed by atoms with Crippen LogP contribution < -0.4 is 10.6 Å². The maximum atomic E-state index is 13.0. The SMILES string of the molecule is Nc1cc(Cl)c([N+](=O)[O-])cc1N1CC(S(=O)(=O)F)CC1=O. The highest BCUT2D eigenvalue weighted by molar-refractivity contribution is 7.87. The molecule has 1 atom stereocenters. The molecule has 1 heterocycles. The average Bonchev–Trinajstić information content (AvgIpc) is 2.70. The van der Waals surface area contributed by atoms with Gasteiger partial charge in [0.15, 0.2) is 0 Å². The molecule has 114 valence electrons. The second-order valence-corrected chi connectivity index (χ2v) is 6.45. The van der Waals surface area contributed by atoms with Gasteiger partial charge in [-0.15, -0.1) is 3.89 Å². The van der Waals surface area contributed by atoms with Gasteiger partial charge >= 0.3 is 10.2 Å². The number of carbonyl (C=O) groups is 1. The summed E-state index contributed by atoms with van der Waals surface area (Å²) in [5.41, 5.74) is 5.04. The Labute approximate surface area is 123 Å². The zero-order valence-corrected chi connectivity index (χ0v) is 11.9. The molecule has 21 heavy (non-hydrogen) atoms. The number of rotatable bonds is 3. The maximum absolute atomic E-state index is 13.0. The molecule has 0 aromatic heterocycles. The number of hydrogen-bond acceptors (Lipinski definition) is 6.